The van der Waals surface area contributed by atoms with E-state index in [1.807, 2.05) is 14.1 Å². The van der Waals surface area contributed by atoms with Crippen LogP contribution in [0.25, 0.3) is 0 Å². The molecule has 0 amide bonds. The Labute approximate surface area is 71.4 Å². The molecule has 0 bridgehead atoms. The monoisotopic (exact) mass is 175 g/mol. The Balaban J connectivity index is 4.26. The van der Waals surface area contributed by atoms with Crippen molar-refractivity contribution < 1.29 is 0 Å². The summed E-state index contributed by atoms with van der Waals surface area (Å²) < 4.78 is 2.40. The summed E-state index contributed by atoms with van der Waals surface area (Å²) >= 11 is 0. The number of rotatable bonds is 5. The topological polar surface area (TPSA) is 27.3 Å². The van der Waals surface area contributed by atoms with Gasteiger partial charge in [0.15, 0.2) is 0 Å². The maximum atomic E-state index is 3.42. The third kappa shape index (κ3) is 2.26. The van der Waals surface area contributed by atoms with E-state index in [9.17, 15) is 0 Å². The van der Waals surface area contributed by atoms with Crippen molar-refractivity contribution in [3.05, 3.63) is 0 Å². The van der Waals surface area contributed by atoms with Crippen molar-refractivity contribution in [1.82, 2.24) is 14.5 Å². The molecule has 0 rings (SSSR count). The van der Waals surface area contributed by atoms with Crippen LogP contribution in [0.4, 0.5) is 0 Å². The van der Waals surface area contributed by atoms with Crippen molar-refractivity contribution in [3.63, 3.8) is 0 Å². The molecule has 0 unspecified atom stereocenters. The van der Waals surface area contributed by atoms with Gasteiger partial charge in [0.25, 0.3) is 8.56 Å². The van der Waals surface area contributed by atoms with Gasteiger partial charge in [-0.2, -0.15) is 0 Å². The summed E-state index contributed by atoms with van der Waals surface area (Å²) in [6, 6.07) is 1.18. The Morgan fingerprint density at radius 2 is 1.64 bits per heavy atom. The minimum atomic E-state index is -1.49. The summed E-state index contributed by atoms with van der Waals surface area (Å²) in [4.78, 5) is 6.84. The van der Waals surface area contributed by atoms with Gasteiger partial charge in [-0.05, 0) is 33.7 Å². The lowest BCUT2D eigenvalue weighted by molar-refractivity contribution is 0.499. The first-order valence-electron chi connectivity index (χ1n) is 4.25. The Morgan fingerprint density at radius 1 is 1.18 bits per heavy atom. The molecule has 0 aromatic heterocycles. The largest absolute Gasteiger partial charge is 0.316 e. The van der Waals surface area contributed by atoms with Gasteiger partial charge in [0, 0.05) is 0 Å². The SMILES string of the molecule is CCN(C)[Si](CC)(NC)NC. The van der Waals surface area contributed by atoms with Crippen molar-refractivity contribution in [1.29, 1.82) is 0 Å². The van der Waals surface area contributed by atoms with Crippen LogP contribution in [0.2, 0.25) is 6.04 Å². The number of nitrogens with zero attached hydrogens (tertiary/aromatic N) is 1. The predicted molar refractivity (Wildman–Crippen MR) is 52.7 cm³/mol. The van der Waals surface area contributed by atoms with Crippen molar-refractivity contribution in [2.45, 2.75) is 19.9 Å². The third-order valence-electron chi connectivity index (χ3n) is 2.46. The molecule has 0 fully saturated rings. The minimum Gasteiger partial charge on any atom is -0.316 e. The van der Waals surface area contributed by atoms with Crippen LogP contribution in [0.3, 0.4) is 0 Å². The highest BCUT2D eigenvalue weighted by atomic mass is 28.4. The van der Waals surface area contributed by atoms with Gasteiger partial charge in [-0.15, -0.1) is 0 Å². The van der Waals surface area contributed by atoms with Crippen LogP contribution < -0.4 is 9.96 Å². The smallest absolute Gasteiger partial charge is 0.283 e. The molecule has 0 aliphatic carbocycles. The zero-order valence-corrected chi connectivity index (χ0v) is 9.36. The summed E-state index contributed by atoms with van der Waals surface area (Å²) in [6.45, 7) is 5.51. The second kappa shape index (κ2) is 4.87. The molecule has 0 atom stereocenters. The highest BCUT2D eigenvalue weighted by Gasteiger charge is 2.32. The van der Waals surface area contributed by atoms with Gasteiger partial charge in [-0.25, -0.2) is 0 Å². The van der Waals surface area contributed by atoms with Gasteiger partial charge in [0.1, 0.15) is 0 Å². The summed E-state index contributed by atoms with van der Waals surface area (Å²) in [5.41, 5.74) is 0. The van der Waals surface area contributed by atoms with Crippen LogP contribution in [0.1, 0.15) is 13.8 Å². The number of hydrogen-bond acceptors (Lipinski definition) is 3. The van der Waals surface area contributed by atoms with Gasteiger partial charge in [0.2, 0.25) is 0 Å². The second-order valence-corrected chi connectivity index (χ2v) is 6.92. The molecule has 4 heteroatoms. The summed E-state index contributed by atoms with van der Waals surface area (Å²) in [7, 11) is 4.76. The van der Waals surface area contributed by atoms with E-state index >= 15 is 0 Å². The zero-order chi connectivity index (χ0) is 8.91. The third-order valence-corrected chi connectivity index (χ3v) is 6.76. The minimum absolute atomic E-state index is 1.10. The van der Waals surface area contributed by atoms with Crippen molar-refractivity contribution >= 4 is 8.56 Å². The molecule has 0 aliphatic rings. The van der Waals surface area contributed by atoms with E-state index in [2.05, 4.69) is 35.4 Å². The molecule has 0 radical (unpaired) electrons. The highest BCUT2D eigenvalue weighted by molar-refractivity contribution is 6.72. The Morgan fingerprint density at radius 3 is 1.73 bits per heavy atom. The molecule has 0 aliphatic heterocycles. The molecule has 0 saturated carbocycles. The summed E-state index contributed by atoms with van der Waals surface area (Å²) in [5.74, 6) is 0. The molecule has 3 nitrogen and oxygen atoms in total. The Bertz CT molecular complexity index is 95.6. The fourth-order valence-corrected chi connectivity index (χ4v) is 4.20. The lowest BCUT2D eigenvalue weighted by Crippen LogP contribution is -2.69. The molecule has 2 N–H and O–H groups in total. The van der Waals surface area contributed by atoms with Gasteiger partial charge < -0.3 is 14.5 Å². The van der Waals surface area contributed by atoms with E-state index in [4.69, 9.17) is 0 Å². The predicted octanol–water partition coefficient (Wildman–Crippen LogP) is 0.336. The fraction of sp³-hybridized carbons (Fsp3) is 1.00. The normalized spacial score (nSPS) is 12.5. The maximum Gasteiger partial charge on any atom is 0.283 e. The molecule has 0 heterocycles. The lowest BCUT2D eigenvalue weighted by Gasteiger charge is -2.36. The molecule has 0 spiro atoms. The Kier molecular flexibility index (Phi) is 4.91. The van der Waals surface area contributed by atoms with E-state index in [1.165, 1.54) is 6.04 Å². The van der Waals surface area contributed by atoms with Gasteiger partial charge in [-0.1, -0.05) is 13.8 Å². The van der Waals surface area contributed by atoms with Crippen molar-refractivity contribution in [2.75, 3.05) is 27.7 Å². The van der Waals surface area contributed by atoms with Crippen LogP contribution in [0, 0.1) is 0 Å². The molecule has 0 aromatic carbocycles. The molecule has 0 aromatic rings. The molecule has 68 valence electrons. The first kappa shape index (κ1) is 11.1. The van der Waals surface area contributed by atoms with Gasteiger partial charge >= 0.3 is 0 Å². The highest BCUT2D eigenvalue weighted by Crippen LogP contribution is 2.04. The lowest BCUT2D eigenvalue weighted by atomic mass is 10.8. The first-order valence-corrected chi connectivity index (χ1v) is 6.41. The van der Waals surface area contributed by atoms with E-state index in [-0.39, 0.29) is 0 Å². The van der Waals surface area contributed by atoms with Crippen LogP contribution >= 0.6 is 0 Å². The molecule has 11 heavy (non-hydrogen) atoms. The first-order chi connectivity index (χ1) is 5.16. The van der Waals surface area contributed by atoms with E-state index in [1.54, 1.807) is 0 Å². The molecular formula is C7H21N3Si. The van der Waals surface area contributed by atoms with Gasteiger partial charge in [0.05, 0.1) is 0 Å². The van der Waals surface area contributed by atoms with E-state index < -0.39 is 8.56 Å². The molecule has 0 saturated heterocycles. The average molecular weight is 175 g/mol. The summed E-state index contributed by atoms with van der Waals surface area (Å²) in [6.07, 6.45) is 0. The number of nitrogens with one attached hydrogen (secondary N) is 2. The second-order valence-electron chi connectivity index (χ2n) is 2.73. The van der Waals surface area contributed by atoms with Gasteiger partial charge in [-0.3, -0.25) is 0 Å². The van der Waals surface area contributed by atoms with Crippen molar-refractivity contribution in [3.8, 4) is 0 Å². The standard InChI is InChI=1S/C7H21N3Si/c1-6-10(5)11(7-2,8-3)9-4/h8-9H,6-7H2,1-5H3. The maximum absolute atomic E-state index is 3.42. The van der Waals surface area contributed by atoms with Crippen LogP contribution in [0.15, 0.2) is 0 Å². The zero-order valence-electron chi connectivity index (χ0n) is 8.36. The van der Waals surface area contributed by atoms with Crippen molar-refractivity contribution in [2.24, 2.45) is 0 Å². The van der Waals surface area contributed by atoms with E-state index in [0.29, 0.717) is 0 Å². The molecular weight excluding hydrogens is 154 g/mol. The average Bonchev–Trinajstić information content (AvgIpc) is 2.08. The van der Waals surface area contributed by atoms with Crippen LogP contribution in [0.5, 0.6) is 0 Å². The summed E-state index contributed by atoms with van der Waals surface area (Å²) in [5, 5.41) is 0. The van der Waals surface area contributed by atoms with Crippen LogP contribution in [-0.4, -0.2) is 40.8 Å². The fourth-order valence-electron chi connectivity index (χ4n) is 1.40. The van der Waals surface area contributed by atoms with E-state index in [0.717, 1.165) is 6.54 Å². The number of hydrogen-bond donors (Lipinski definition) is 2. The van der Waals surface area contributed by atoms with Crippen LogP contribution in [-0.2, 0) is 0 Å². The quantitative estimate of drug-likeness (QED) is 0.590. The Hall–Kier alpha value is 0.0969.